The van der Waals surface area contributed by atoms with E-state index in [0.29, 0.717) is 5.69 Å². The lowest BCUT2D eigenvalue weighted by Gasteiger charge is -2.34. The van der Waals surface area contributed by atoms with Gasteiger partial charge in [0.15, 0.2) is 0 Å². The zero-order valence-electron chi connectivity index (χ0n) is 13.0. The third-order valence-electron chi connectivity index (χ3n) is 3.03. The van der Waals surface area contributed by atoms with Gasteiger partial charge in [-0.25, -0.2) is 4.39 Å². The van der Waals surface area contributed by atoms with Gasteiger partial charge in [-0.15, -0.1) is 0 Å². The summed E-state index contributed by atoms with van der Waals surface area (Å²) in [4.78, 5) is 1.99. The molecule has 0 bridgehead atoms. The van der Waals surface area contributed by atoms with E-state index in [1.165, 1.54) is 6.07 Å². The molecule has 0 atom stereocenters. The molecule has 0 fully saturated rings. The Labute approximate surface area is 117 Å². The summed E-state index contributed by atoms with van der Waals surface area (Å²) in [7, 11) is 1.94. The van der Waals surface area contributed by atoms with Crippen molar-refractivity contribution in [1.82, 2.24) is 5.32 Å². The van der Waals surface area contributed by atoms with Crippen molar-refractivity contribution in [2.24, 2.45) is 5.41 Å². The smallest absolute Gasteiger partial charge is 0.146 e. The van der Waals surface area contributed by atoms with E-state index < -0.39 is 0 Å². The molecule has 2 nitrogen and oxygen atoms in total. The van der Waals surface area contributed by atoms with E-state index in [2.05, 4.69) is 39.9 Å². The fourth-order valence-corrected chi connectivity index (χ4v) is 2.05. The number of para-hydroxylation sites is 1. The molecule has 0 aliphatic rings. The maximum atomic E-state index is 13.7. The zero-order chi connectivity index (χ0) is 14.7. The van der Waals surface area contributed by atoms with Gasteiger partial charge in [0.25, 0.3) is 0 Å². The Hall–Kier alpha value is -1.09. The van der Waals surface area contributed by atoms with Crippen molar-refractivity contribution in [2.45, 2.75) is 40.2 Å². The lowest BCUT2D eigenvalue weighted by molar-refractivity contribution is 0.295. The van der Waals surface area contributed by atoms with Gasteiger partial charge in [-0.3, -0.25) is 0 Å². The first-order valence-electron chi connectivity index (χ1n) is 6.81. The van der Waals surface area contributed by atoms with Gasteiger partial charge in [-0.05, 0) is 38.3 Å². The number of nitrogens with zero attached hydrogens (tertiary/aromatic N) is 1. The van der Waals surface area contributed by atoms with Gasteiger partial charge in [0.05, 0.1) is 5.69 Å². The van der Waals surface area contributed by atoms with Gasteiger partial charge in [-0.1, -0.05) is 26.0 Å². The second-order valence-corrected chi connectivity index (χ2v) is 7.08. The van der Waals surface area contributed by atoms with Gasteiger partial charge in [0, 0.05) is 25.7 Å². The molecule has 0 aliphatic carbocycles. The molecular weight excluding hydrogens is 239 g/mol. The van der Waals surface area contributed by atoms with Crippen LogP contribution in [0.4, 0.5) is 10.1 Å². The number of benzene rings is 1. The predicted molar refractivity (Wildman–Crippen MR) is 81.2 cm³/mol. The maximum absolute atomic E-state index is 13.7. The lowest BCUT2D eigenvalue weighted by atomic mass is 9.91. The van der Waals surface area contributed by atoms with E-state index in [0.717, 1.165) is 13.1 Å². The molecule has 0 saturated heterocycles. The van der Waals surface area contributed by atoms with Crippen LogP contribution in [0.15, 0.2) is 24.3 Å². The molecule has 108 valence electrons. The van der Waals surface area contributed by atoms with Crippen molar-refractivity contribution in [3.8, 4) is 0 Å². The predicted octanol–water partition coefficient (Wildman–Crippen LogP) is 3.68. The summed E-state index contributed by atoms with van der Waals surface area (Å²) in [6.45, 7) is 12.6. The summed E-state index contributed by atoms with van der Waals surface area (Å²) in [5, 5.41) is 3.51. The van der Waals surface area contributed by atoms with Crippen molar-refractivity contribution >= 4 is 5.69 Å². The zero-order valence-corrected chi connectivity index (χ0v) is 13.0. The Morgan fingerprint density at radius 1 is 1.11 bits per heavy atom. The third kappa shape index (κ3) is 5.60. The summed E-state index contributed by atoms with van der Waals surface area (Å²) in [6.07, 6.45) is 0. The number of nitrogens with one attached hydrogen (secondary N) is 1. The van der Waals surface area contributed by atoms with Crippen LogP contribution in [0.5, 0.6) is 0 Å². The van der Waals surface area contributed by atoms with Crippen LogP contribution in [0.25, 0.3) is 0 Å². The summed E-state index contributed by atoms with van der Waals surface area (Å²) in [5.74, 6) is -0.162. The highest BCUT2D eigenvalue weighted by atomic mass is 19.1. The number of hydrogen-bond donors (Lipinski definition) is 1. The molecule has 0 spiro atoms. The van der Waals surface area contributed by atoms with Crippen LogP contribution in [0.2, 0.25) is 0 Å². The Morgan fingerprint density at radius 3 is 2.21 bits per heavy atom. The Bertz CT molecular complexity index is 407. The molecule has 1 aromatic rings. The van der Waals surface area contributed by atoms with E-state index in [1.54, 1.807) is 6.07 Å². The van der Waals surface area contributed by atoms with Crippen LogP contribution >= 0.6 is 0 Å². The summed E-state index contributed by atoms with van der Waals surface area (Å²) in [6, 6.07) is 6.92. The molecule has 0 amide bonds. The molecule has 1 aromatic carbocycles. The second kappa shape index (κ2) is 5.91. The molecule has 1 N–H and O–H groups in total. The highest BCUT2D eigenvalue weighted by Crippen LogP contribution is 2.23. The molecule has 1 rings (SSSR count). The van der Waals surface area contributed by atoms with Crippen molar-refractivity contribution in [3.63, 3.8) is 0 Å². The molecule has 0 unspecified atom stereocenters. The Balaban J connectivity index is 2.65. The normalized spacial score (nSPS) is 12.6. The fraction of sp³-hybridized carbons (Fsp3) is 0.625. The van der Waals surface area contributed by atoms with Crippen LogP contribution in [0.3, 0.4) is 0 Å². The summed E-state index contributed by atoms with van der Waals surface area (Å²) < 4.78 is 13.7. The van der Waals surface area contributed by atoms with Crippen molar-refractivity contribution in [3.05, 3.63) is 30.1 Å². The number of halogens is 1. The lowest BCUT2D eigenvalue weighted by Crippen LogP contribution is -2.45. The van der Waals surface area contributed by atoms with E-state index >= 15 is 0 Å². The van der Waals surface area contributed by atoms with Crippen molar-refractivity contribution in [2.75, 3.05) is 25.0 Å². The minimum absolute atomic E-state index is 0.0737. The highest BCUT2D eigenvalue weighted by molar-refractivity contribution is 5.46. The Morgan fingerprint density at radius 2 is 1.68 bits per heavy atom. The van der Waals surface area contributed by atoms with E-state index in [1.807, 2.05) is 24.1 Å². The fourth-order valence-electron chi connectivity index (χ4n) is 2.05. The minimum atomic E-state index is -0.162. The van der Waals surface area contributed by atoms with Crippen molar-refractivity contribution in [1.29, 1.82) is 0 Å². The van der Waals surface area contributed by atoms with E-state index in [-0.39, 0.29) is 16.8 Å². The number of anilines is 1. The highest BCUT2D eigenvalue weighted by Gasteiger charge is 2.23. The first-order valence-corrected chi connectivity index (χ1v) is 6.81. The molecule has 3 heteroatoms. The molecule has 0 heterocycles. The van der Waals surface area contributed by atoms with E-state index in [4.69, 9.17) is 0 Å². The van der Waals surface area contributed by atoms with Crippen LogP contribution < -0.4 is 10.2 Å². The average molecular weight is 266 g/mol. The van der Waals surface area contributed by atoms with Gasteiger partial charge < -0.3 is 10.2 Å². The second-order valence-electron chi connectivity index (χ2n) is 7.08. The first kappa shape index (κ1) is 16.0. The molecule has 19 heavy (non-hydrogen) atoms. The van der Waals surface area contributed by atoms with Crippen LogP contribution in [-0.4, -0.2) is 25.7 Å². The van der Waals surface area contributed by atoms with E-state index in [9.17, 15) is 4.39 Å². The first-order chi connectivity index (χ1) is 8.61. The Kier molecular flexibility index (Phi) is 4.97. The molecule has 0 radical (unpaired) electrons. The molecule has 0 saturated carbocycles. The quantitative estimate of drug-likeness (QED) is 0.874. The summed E-state index contributed by atoms with van der Waals surface area (Å²) in [5.41, 5.74) is 0.837. The standard InChI is InChI=1S/C16H27FN2/c1-15(2,3)18-11-16(4,5)12-19(6)14-10-8-7-9-13(14)17/h7-10,18H,11-12H2,1-6H3. The number of hydrogen-bond acceptors (Lipinski definition) is 2. The molecular formula is C16H27FN2. The third-order valence-corrected chi connectivity index (χ3v) is 3.03. The SMILES string of the molecule is CN(CC(C)(C)CNC(C)(C)C)c1ccccc1F. The van der Waals surface area contributed by atoms with Gasteiger partial charge in [0.2, 0.25) is 0 Å². The van der Waals surface area contributed by atoms with Crippen LogP contribution in [-0.2, 0) is 0 Å². The summed E-state index contributed by atoms with van der Waals surface area (Å²) >= 11 is 0. The maximum Gasteiger partial charge on any atom is 0.146 e. The molecule has 0 aromatic heterocycles. The minimum Gasteiger partial charge on any atom is -0.372 e. The van der Waals surface area contributed by atoms with Crippen LogP contribution in [0, 0.1) is 11.2 Å². The van der Waals surface area contributed by atoms with Crippen LogP contribution in [0.1, 0.15) is 34.6 Å². The molecule has 0 aliphatic heterocycles. The monoisotopic (exact) mass is 266 g/mol. The van der Waals surface area contributed by atoms with Crippen molar-refractivity contribution < 1.29 is 4.39 Å². The number of rotatable bonds is 5. The average Bonchev–Trinajstić information content (AvgIpc) is 2.25. The van der Waals surface area contributed by atoms with Gasteiger partial charge >= 0.3 is 0 Å². The van der Waals surface area contributed by atoms with Gasteiger partial charge in [-0.2, -0.15) is 0 Å². The van der Waals surface area contributed by atoms with Gasteiger partial charge in [0.1, 0.15) is 5.82 Å². The topological polar surface area (TPSA) is 15.3 Å². The largest absolute Gasteiger partial charge is 0.372 e.